The number of nitrogens with one attached hydrogen (secondary N) is 1. The molecule has 1 heterocycles. The van der Waals surface area contributed by atoms with E-state index in [0.29, 0.717) is 27.9 Å². The number of hydrogen-bond acceptors (Lipinski definition) is 7. The number of benzene rings is 1. The fraction of sp³-hybridized carbons (Fsp3) is 0.333. The predicted molar refractivity (Wildman–Crippen MR) is 103 cm³/mol. The second-order valence-electron chi connectivity index (χ2n) is 5.44. The highest BCUT2D eigenvalue weighted by atomic mass is 32.2. The number of esters is 1. The first kappa shape index (κ1) is 20.1. The predicted octanol–water partition coefficient (Wildman–Crippen LogP) is 3.57. The molecular weight excluding hydrogens is 372 g/mol. The normalized spacial score (nSPS) is 11.7. The number of ether oxygens (including phenoxy) is 1. The first-order valence-corrected chi connectivity index (χ1v) is 9.84. The van der Waals surface area contributed by atoms with Gasteiger partial charge in [0.25, 0.3) is 0 Å². The van der Waals surface area contributed by atoms with Crippen LogP contribution in [0.5, 0.6) is 0 Å². The topological polar surface area (TPSA) is 85.4 Å². The van der Waals surface area contributed by atoms with E-state index in [1.54, 1.807) is 43.5 Å². The van der Waals surface area contributed by atoms with Gasteiger partial charge in [-0.2, -0.15) is 0 Å². The summed E-state index contributed by atoms with van der Waals surface area (Å²) in [5, 5.41) is 4.17. The van der Waals surface area contributed by atoms with Crippen molar-refractivity contribution in [1.82, 2.24) is 4.98 Å². The summed E-state index contributed by atoms with van der Waals surface area (Å²) >= 11 is 2.68. The molecule has 0 spiro atoms. The molecule has 0 unspecified atom stereocenters. The van der Waals surface area contributed by atoms with Gasteiger partial charge in [-0.25, -0.2) is 4.98 Å². The third-order valence-electron chi connectivity index (χ3n) is 3.37. The Kier molecular flexibility index (Phi) is 7.35. The molecular formula is C18H20N2O4S2. The minimum absolute atomic E-state index is 0.107. The van der Waals surface area contributed by atoms with Gasteiger partial charge in [0.05, 0.1) is 29.7 Å². The second-order valence-corrected chi connectivity index (χ2v) is 7.88. The number of nitrogens with zero attached hydrogens (tertiary/aromatic N) is 1. The van der Waals surface area contributed by atoms with E-state index in [2.05, 4.69) is 10.3 Å². The van der Waals surface area contributed by atoms with Crippen LogP contribution in [0, 0.1) is 0 Å². The van der Waals surface area contributed by atoms with Gasteiger partial charge in [0, 0.05) is 10.9 Å². The Hall–Kier alpha value is -2.19. The van der Waals surface area contributed by atoms with E-state index < -0.39 is 5.25 Å². The lowest BCUT2D eigenvalue weighted by atomic mass is 10.1. The van der Waals surface area contributed by atoms with E-state index in [1.807, 2.05) is 0 Å². The number of carbonyl (C=O) groups excluding carboxylic acids is 3. The molecule has 0 aliphatic heterocycles. The van der Waals surface area contributed by atoms with Crippen LogP contribution in [0.15, 0.2) is 34.0 Å². The summed E-state index contributed by atoms with van der Waals surface area (Å²) in [5.41, 5.74) is 1.61. The van der Waals surface area contributed by atoms with Gasteiger partial charge >= 0.3 is 5.97 Å². The zero-order chi connectivity index (χ0) is 19.1. The van der Waals surface area contributed by atoms with Gasteiger partial charge in [-0.05, 0) is 32.9 Å². The van der Waals surface area contributed by atoms with Crippen LogP contribution >= 0.6 is 23.1 Å². The third-order valence-corrected chi connectivity index (χ3v) is 5.49. The molecule has 8 heteroatoms. The summed E-state index contributed by atoms with van der Waals surface area (Å²) in [4.78, 5) is 39.9. The molecule has 0 saturated carbocycles. The Morgan fingerprint density at radius 3 is 2.73 bits per heavy atom. The molecule has 26 heavy (non-hydrogen) atoms. The standard InChI is InChI=1S/C18H20N2O4S2/c1-4-24-16(22)9-13-10-25-18(19-13)26-12(3)17(23)20-15-8-6-5-7-14(15)11(2)21/h5-8,10,12H,4,9H2,1-3H3,(H,20,23)/t12-/m0/s1. The highest BCUT2D eigenvalue weighted by Gasteiger charge is 2.19. The molecule has 0 aliphatic rings. The van der Waals surface area contributed by atoms with Crippen LogP contribution in [0.25, 0.3) is 0 Å². The number of aromatic nitrogens is 1. The molecule has 0 saturated heterocycles. The van der Waals surface area contributed by atoms with Gasteiger partial charge in [0.1, 0.15) is 0 Å². The lowest BCUT2D eigenvalue weighted by Crippen LogP contribution is -2.23. The number of hydrogen-bond donors (Lipinski definition) is 1. The van der Waals surface area contributed by atoms with Gasteiger partial charge in [0.2, 0.25) is 5.91 Å². The quantitative estimate of drug-likeness (QED) is 0.420. The summed E-state index contributed by atoms with van der Waals surface area (Å²) in [6, 6.07) is 6.90. The third kappa shape index (κ3) is 5.67. The fourth-order valence-electron chi connectivity index (χ4n) is 2.12. The smallest absolute Gasteiger partial charge is 0.311 e. The van der Waals surface area contributed by atoms with E-state index in [1.165, 1.54) is 30.0 Å². The lowest BCUT2D eigenvalue weighted by molar-refractivity contribution is -0.142. The van der Waals surface area contributed by atoms with Crippen molar-refractivity contribution < 1.29 is 19.1 Å². The molecule has 1 aromatic carbocycles. The van der Waals surface area contributed by atoms with Gasteiger partial charge in [-0.15, -0.1) is 11.3 Å². The molecule has 138 valence electrons. The highest BCUT2D eigenvalue weighted by Crippen LogP contribution is 2.28. The maximum absolute atomic E-state index is 12.4. The molecule has 0 fully saturated rings. The van der Waals surface area contributed by atoms with E-state index in [-0.39, 0.29) is 24.1 Å². The van der Waals surface area contributed by atoms with Crippen molar-refractivity contribution in [2.45, 2.75) is 36.8 Å². The maximum Gasteiger partial charge on any atom is 0.311 e. The summed E-state index contributed by atoms with van der Waals surface area (Å²) in [7, 11) is 0. The monoisotopic (exact) mass is 392 g/mol. The van der Waals surface area contributed by atoms with E-state index >= 15 is 0 Å². The molecule has 2 rings (SSSR count). The Morgan fingerprint density at radius 2 is 2.04 bits per heavy atom. The lowest BCUT2D eigenvalue weighted by Gasteiger charge is -2.12. The van der Waals surface area contributed by atoms with Gasteiger partial charge in [-0.3, -0.25) is 14.4 Å². The number of para-hydroxylation sites is 1. The molecule has 1 atom stereocenters. The van der Waals surface area contributed by atoms with Gasteiger partial charge in [0.15, 0.2) is 10.1 Å². The van der Waals surface area contributed by atoms with Crippen molar-refractivity contribution in [2.24, 2.45) is 0 Å². The minimum atomic E-state index is -0.406. The van der Waals surface area contributed by atoms with Gasteiger partial charge < -0.3 is 10.1 Å². The van der Waals surface area contributed by atoms with Crippen LogP contribution in [0.3, 0.4) is 0 Å². The van der Waals surface area contributed by atoms with Gasteiger partial charge in [-0.1, -0.05) is 23.9 Å². The fourth-order valence-corrected chi connectivity index (χ4v) is 4.10. The molecule has 0 bridgehead atoms. The number of thiazole rings is 1. The van der Waals surface area contributed by atoms with E-state index in [9.17, 15) is 14.4 Å². The maximum atomic E-state index is 12.4. The molecule has 0 aliphatic carbocycles. The minimum Gasteiger partial charge on any atom is -0.466 e. The Morgan fingerprint density at radius 1 is 1.31 bits per heavy atom. The number of ketones is 1. The zero-order valence-electron chi connectivity index (χ0n) is 14.8. The first-order valence-electron chi connectivity index (χ1n) is 8.08. The zero-order valence-corrected chi connectivity index (χ0v) is 16.4. The van der Waals surface area contributed by atoms with Crippen molar-refractivity contribution in [3.63, 3.8) is 0 Å². The first-order chi connectivity index (χ1) is 12.4. The van der Waals surface area contributed by atoms with E-state index in [4.69, 9.17) is 4.74 Å². The molecule has 1 aromatic heterocycles. The highest BCUT2D eigenvalue weighted by molar-refractivity contribution is 8.02. The Labute approximate surface area is 160 Å². The van der Waals surface area contributed by atoms with Crippen LogP contribution in [0.2, 0.25) is 0 Å². The number of thioether (sulfide) groups is 1. The summed E-state index contributed by atoms with van der Waals surface area (Å²) in [6.45, 7) is 5.32. The second kappa shape index (κ2) is 9.49. The van der Waals surface area contributed by atoms with Crippen molar-refractivity contribution >= 4 is 46.4 Å². The molecule has 2 aromatic rings. The van der Waals surface area contributed by atoms with E-state index in [0.717, 1.165) is 0 Å². The Bertz CT molecular complexity index is 804. The number of anilines is 1. The van der Waals surface area contributed by atoms with Crippen LogP contribution in [-0.2, 0) is 20.7 Å². The summed E-state index contributed by atoms with van der Waals surface area (Å²) in [6.07, 6.45) is 0.122. The van der Waals surface area contributed by atoms with Crippen molar-refractivity contribution in [1.29, 1.82) is 0 Å². The molecule has 1 amide bonds. The molecule has 6 nitrogen and oxygen atoms in total. The number of carbonyl (C=O) groups is 3. The SMILES string of the molecule is CCOC(=O)Cc1csc(S[C@@H](C)C(=O)Nc2ccccc2C(C)=O)n1. The van der Waals surface area contributed by atoms with Crippen molar-refractivity contribution in [3.05, 3.63) is 40.9 Å². The summed E-state index contributed by atoms with van der Waals surface area (Å²) < 4.78 is 5.60. The van der Waals surface area contributed by atoms with Crippen LogP contribution in [-0.4, -0.2) is 34.5 Å². The van der Waals surface area contributed by atoms with Crippen molar-refractivity contribution in [3.8, 4) is 0 Å². The average molecular weight is 393 g/mol. The largest absolute Gasteiger partial charge is 0.466 e. The van der Waals surface area contributed by atoms with Crippen LogP contribution in [0.1, 0.15) is 36.8 Å². The average Bonchev–Trinajstić information content (AvgIpc) is 3.02. The summed E-state index contributed by atoms with van der Waals surface area (Å²) in [5.74, 6) is -0.642. The number of Topliss-reactive ketones (excluding diaryl/α,β-unsaturated/α-hetero) is 1. The number of amides is 1. The molecule has 1 N–H and O–H groups in total. The number of rotatable bonds is 8. The molecule has 0 radical (unpaired) electrons. The Balaban J connectivity index is 1.96. The van der Waals surface area contributed by atoms with Crippen molar-refractivity contribution in [2.75, 3.05) is 11.9 Å². The van der Waals surface area contributed by atoms with Crippen LogP contribution < -0.4 is 5.32 Å². The van der Waals surface area contributed by atoms with Crippen LogP contribution in [0.4, 0.5) is 5.69 Å².